The molecule has 50 heavy (non-hydrogen) atoms. The predicted molar refractivity (Wildman–Crippen MR) is 199 cm³/mol. The van der Waals surface area contributed by atoms with E-state index in [2.05, 4.69) is 12.1 Å². The molecular formula is C40H40ClNO7P+. The number of amides is 1. The molecule has 0 fully saturated rings. The highest BCUT2D eigenvalue weighted by Crippen LogP contribution is 2.53. The van der Waals surface area contributed by atoms with Gasteiger partial charge in [0.25, 0.3) is 0 Å². The fourth-order valence-electron chi connectivity index (χ4n) is 5.18. The second-order valence-electron chi connectivity index (χ2n) is 11.4. The van der Waals surface area contributed by atoms with Gasteiger partial charge in [-0.2, -0.15) is 9.79 Å². The van der Waals surface area contributed by atoms with Gasteiger partial charge in [-0.1, -0.05) is 115 Å². The van der Waals surface area contributed by atoms with Crippen molar-refractivity contribution in [2.24, 2.45) is 0 Å². The van der Waals surface area contributed by atoms with Gasteiger partial charge in [0.2, 0.25) is 0 Å². The Balaban J connectivity index is 1.29. The minimum Gasteiger partial charge on any atom is -0.492 e. The van der Waals surface area contributed by atoms with Crippen LogP contribution < -0.4 is 9.26 Å². The van der Waals surface area contributed by atoms with Gasteiger partial charge in [-0.3, -0.25) is 4.52 Å². The molecule has 0 heterocycles. The zero-order valence-corrected chi connectivity index (χ0v) is 29.4. The molecule has 2 N–H and O–H groups in total. The zero-order chi connectivity index (χ0) is 35.2. The van der Waals surface area contributed by atoms with E-state index in [-0.39, 0.29) is 25.6 Å². The van der Waals surface area contributed by atoms with Crippen LogP contribution >= 0.6 is 19.8 Å². The third-order valence-electron chi connectivity index (χ3n) is 7.73. The molecule has 258 valence electrons. The highest BCUT2D eigenvalue weighted by molar-refractivity contribution is 7.54. The molecule has 0 radical (unpaired) electrons. The molecule has 0 spiro atoms. The van der Waals surface area contributed by atoms with E-state index >= 15 is 0 Å². The molecule has 0 saturated carbocycles. The number of nitrogens with zero attached hydrogens (tertiary/aromatic N) is 1. The third-order valence-corrected chi connectivity index (χ3v) is 8.84. The molecule has 10 heteroatoms. The molecule has 0 aliphatic heterocycles. The molecule has 5 aromatic carbocycles. The van der Waals surface area contributed by atoms with Crippen molar-refractivity contribution < 1.29 is 33.1 Å². The summed E-state index contributed by atoms with van der Waals surface area (Å²) < 4.78 is 22.2. The average molecular weight is 713 g/mol. The maximum absolute atomic E-state index is 12.4. The number of hydrogen-bond acceptors (Lipinski definition) is 7. The number of benzene rings is 5. The van der Waals surface area contributed by atoms with Gasteiger partial charge < -0.3 is 14.4 Å². The van der Waals surface area contributed by atoms with Crippen molar-refractivity contribution in [2.75, 3.05) is 26.1 Å². The first-order valence-corrected chi connectivity index (χ1v) is 18.2. The van der Waals surface area contributed by atoms with Gasteiger partial charge in [-0.05, 0) is 69.6 Å². The Morgan fingerprint density at radius 3 is 1.76 bits per heavy atom. The maximum atomic E-state index is 12.4. The first-order chi connectivity index (χ1) is 24.3. The molecule has 5 aromatic rings. The van der Waals surface area contributed by atoms with Crippen LogP contribution in [0.1, 0.15) is 34.2 Å². The van der Waals surface area contributed by atoms with E-state index in [1.165, 1.54) is 4.90 Å². The standard InChI is InChI=1S/C40H40ClNO7P/c1-42(40(43)47-29-31-11-5-2-6-12-31)27-28-46-36-21-17-34(18-22-36)39(38(25-26-41)33-15-9-4-10-16-33)35-19-23-37(24-20-35)49-50(44,45)48-30-32-13-7-3-8-14-32/h2-24,44-45H,25-30H2,1H3/q+1/b39-38+. The fourth-order valence-corrected chi connectivity index (χ4v) is 6.14. The number of allylic oxidation sites excluding steroid dienone is 1. The zero-order valence-electron chi connectivity index (χ0n) is 27.7. The Bertz CT molecular complexity index is 1800. The molecule has 0 saturated heterocycles. The first kappa shape index (κ1) is 36.6. The summed E-state index contributed by atoms with van der Waals surface area (Å²) in [5, 5.41) is 0. The van der Waals surface area contributed by atoms with Crippen LogP contribution in [0.15, 0.2) is 140 Å². The van der Waals surface area contributed by atoms with E-state index in [1.54, 1.807) is 19.2 Å². The summed E-state index contributed by atoms with van der Waals surface area (Å²) in [6.45, 7) is 0.853. The molecule has 0 aliphatic rings. The molecule has 0 aliphatic carbocycles. The normalized spacial score (nSPS) is 11.8. The van der Waals surface area contributed by atoms with Crippen molar-refractivity contribution >= 4 is 37.0 Å². The Kier molecular flexibility index (Phi) is 13.4. The van der Waals surface area contributed by atoms with Crippen LogP contribution in [0.25, 0.3) is 11.1 Å². The minimum absolute atomic E-state index is 0.00313. The highest BCUT2D eigenvalue weighted by Gasteiger charge is 2.41. The number of carbonyl (C=O) groups excluding carboxylic acids is 1. The van der Waals surface area contributed by atoms with Crippen LogP contribution in [-0.4, -0.2) is 46.9 Å². The van der Waals surface area contributed by atoms with Gasteiger partial charge in [0.05, 0.1) is 6.54 Å². The summed E-state index contributed by atoms with van der Waals surface area (Å²) in [5.41, 5.74) is 6.60. The molecule has 0 aromatic heterocycles. The first-order valence-electron chi connectivity index (χ1n) is 16.1. The van der Waals surface area contributed by atoms with E-state index in [0.29, 0.717) is 24.6 Å². The Labute approximate surface area is 298 Å². The molecule has 0 atom stereocenters. The monoisotopic (exact) mass is 712 g/mol. The lowest BCUT2D eigenvalue weighted by atomic mass is 9.88. The van der Waals surface area contributed by atoms with Crippen LogP contribution in [0.4, 0.5) is 4.79 Å². The Hall–Kier alpha value is -4.69. The van der Waals surface area contributed by atoms with Gasteiger partial charge in [0, 0.05) is 12.9 Å². The summed E-state index contributed by atoms with van der Waals surface area (Å²) >= 11 is 6.34. The van der Waals surface area contributed by atoms with E-state index in [9.17, 15) is 14.6 Å². The Morgan fingerprint density at radius 2 is 1.20 bits per heavy atom. The lowest BCUT2D eigenvalue weighted by molar-refractivity contribution is 0.0994. The van der Waals surface area contributed by atoms with Gasteiger partial charge in [-0.25, -0.2) is 4.79 Å². The van der Waals surface area contributed by atoms with Crippen molar-refractivity contribution in [1.82, 2.24) is 4.90 Å². The predicted octanol–water partition coefficient (Wildman–Crippen LogP) is 9.18. The average Bonchev–Trinajstić information content (AvgIpc) is 3.15. The number of carbonyl (C=O) groups is 1. The largest absolute Gasteiger partial charge is 0.616 e. The molecule has 0 unspecified atom stereocenters. The third kappa shape index (κ3) is 10.9. The van der Waals surface area contributed by atoms with Crippen molar-refractivity contribution in [3.63, 3.8) is 0 Å². The fraction of sp³-hybridized carbons (Fsp3) is 0.175. The Morgan fingerprint density at radius 1 is 0.680 bits per heavy atom. The van der Waals surface area contributed by atoms with Crippen LogP contribution in [0.2, 0.25) is 0 Å². The molecule has 0 bridgehead atoms. The number of halogens is 1. The van der Waals surface area contributed by atoms with Crippen LogP contribution in [-0.2, 0) is 22.5 Å². The second-order valence-corrected chi connectivity index (χ2v) is 13.2. The lowest BCUT2D eigenvalue weighted by Crippen LogP contribution is -2.31. The molecule has 8 nitrogen and oxygen atoms in total. The van der Waals surface area contributed by atoms with Crippen molar-refractivity contribution in [3.8, 4) is 11.5 Å². The summed E-state index contributed by atoms with van der Waals surface area (Å²) in [6, 6.07) is 43.7. The lowest BCUT2D eigenvalue weighted by Gasteiger charge is -2.19. The van der Waals surface area contributed by atoms with Crippen LogP contribution in [0, 0.1) is 0 Å². The number of ether oxygens (including phenoxy) is 2. The summed E-state index contributed by atoms with van der Waals surface area (Å²) in [6.07, 6.45) is 0.191. The van der Waals surface area contributed by atoms with Crippen LogP contribution in [0.5, 0.6) is 11.5 Å². The van der Waals surface area contributed by atoms with Gasteiger partial charge in [-0.15, -0.1) is 16.1 Å². The minimum atomic E-state index is -4.12. The van der Waals surface area contributed by atoms with Crippen LogP contribution in [0.3, 0.4) is 0 Å². The van der Waals surface area contributed by atoms with E-state index in [4.69, 9.17) is 30.1 Å². The number of hydrogen-bond donors (Lipinski definition) is 2. The topological polar surface area (TPSA) is 97.7 Å². The summed E-state index contributed by atoms with van der Waals surface area (Å²) in [4.78, 5) is 34.8. The van der Waals surface area contributed by atoms with Crippen molar-refractivity contribution in [3.05, 3.63) is 167 Å². The molecule has 5 rings (SSSR count). The van der Waals surface area contributed by atoms with Gasteiger partial charge >= 0.3 is 14.3 Å². The van der Waals surface area contributed by atoms with E-state index in [1.807, 2.05) is 115 Å². The quantitative estimate of drug-likeness (QED) is 0.0598. The molecule has 1 amide bonds. The van der Waals surface area contributed by atoms with Crippen molar-refractivity contribution in [1.29, 1.82) is 0 Å². The summed E-state index contributed by atoms with van der Waals surface area (Å²) in [7, 11) is -2.44. The second kappa shape index (κ2) is 18.3. The van der Waals surface area contributed by atoms with Gasteiger partial charge in [0.1, 0.15) is 25.6 Å². The number of alkyl halides is 1. The van der Waals surface area contributed by atoms with E-state index < -0.39 is 14.3 Å². The highest BCUT2D eigenvalue weighted by atomic mass is 35.5. The smallest absolute Gasteiger partial charge is 0.492 e. The molecular weight excluding hydrogens is 673 g/mol. The number of rotatable bonds is 16. The van der Waals surface area contributed by atoms with Crippen molar-refractivity contribution in [2.45, 2.75) is 19.6 Å². The number of likely N-dealkylation sites (N-methyl/N-ethyl adjacent to an activating group) is 1. The summed E-state index contributed by atoms with van der Waals surface area (Å²) in [5.74, 6) is 1.33. The SMILES string of the molecule is CN(CCOc1ccc(/C(=C(/CCCl)c2ccccc2)c2ccc(O[P+](O)(O)OCc3ccccc3)cc2)cc1)C(=O)OCc1ccccc1. The van der Waals surface area contributed by atoms with E-state index in [0.717, 1.165) is 39.0 Å². The van der Waals surface area contributed by atoms with Gasteiger partial charge in [0.15, 0.2) is 5.75 Å². The maximum Gasteiger partial charge on any atom is 0.616 e.